The standard InChI is InChI=1S/C17H17N7O2S/c1-2-27(25,26)24-10-17(9-18,11-24)23-14-5-7-20-16(22-14)13-8-21-15-12(13)4-3-6-19-15/h3-8H,2,10-11H2,1H3,(H,19,21)(H,20,22,23). The SMILES string of the molecule is CCS(=O)(=O)N1CC(C#N)(Nc2ccnc(-c3c[nH]c4ncccc34)n2)C1. The number of aromatic amines is 1. The highest BCUT2D eigenvalue weighted by Crippen LogP contribution is 2.29. The number of H-pyrrole nitrogens is 1. The summed E-state index contributed by atoms with van der Waals surface area (Å²) in [7, 11) is -3.30. The first-order valence-electron chi connectivity index (χ1n) is 8.39. The summed E-state index contributed by atoms with van der Waals surface area (Å²) >= 11 is 0. The molecule has 3 aromatic rings. The van der Waals surface area contributed by atoms with Gasteiger partial charge >= 0.3 is 0 Å². The Hall–Kier alpha value is -3.03. The number of hydrogen-bond donors (Lipinski definition) is 2. The van der Waals surface area contributed by atoms with Gasteiger partial charge in [-0.1, -0.05) is 0 Å². The van der Waals surface area contributed by atoms with E-state index in [1.54, 1.807) is 31.6 Å². The first-order valence-corrected chi connectivity index (χ1v) is 10.00. The summed E-state index contributed by atoms with van der Waals surface area (Å²) in [6.07, 6.45) is 5.09. The van der Waals surface area contributed by atoms with Crippen LogP contribution >= 0.6 is 0 Å². The van der Waals surface area contributed by atoms with Gasteiger partial charge < -0.3 is 10.3 Å². The molecule has 4 heterocycles. The van der Waals surface area contributed by atoms with Crippen LogP contribution in [0.3, 0.4) is 0 Å². The average Bonchev–Trinajstić information content (AvgIpc) is 3.08. The van der Waals surface area contributed by atoms with E-state index < -0.39 is 15.6 Å². The fraction of sp³-hybridized carbons (Fsp3) is 0.294. The van der Waals surface area contributed by atoms with E-state index in [9.17, 15) is 13.7 Å². The monoisotopic (exact) mass is 383 g/mol. The van der Waals surface area contributed by atoms with Crippen molar-refractivity contribution in [1.82, 2.24) is 24.2 Å². The summed E-state index contributed by atoms with van der Waals surface area (Å²) in [5.74, 6) is 0.971. The van der Waals surface area contributed by atoms with Crippen molar-refractivity contribution in [3.8, 4) is 17.5 Å². The molecule has 0 atom stereocenters. The third-order valence-electron chi connectivity index (χ3n) is 4.58. The van der Waals surface area contributed by atoms with Crippen LogP contribution in [0.1, 0.15) is 6.92 Å². The highest BCUT2D eigenvalue weighted by molar-refractivity contribution is 7.89. The Morgan fingerprint density at radius 1 is 1.33 bits per heavy atom. The molecule has 1 aliphatic heterocycles. The van der Waals surface area contributed by atoms with Crippen LogP contribution in [-0.2, 0) is 10.0 Å². The van der Waals surface area contributed by atoms with Gasteiger partial charge in [-0.3, -0.25) is 0 Å². The Balaban J connectivity index is 1.60. The maximum atomic E-state index is 11.9. The van der Waals surface area contributed by atoms with Crippen LogP contribution < -0.4 is 5.32 Å². The number of hydrogen-bond acceptors (Lipinski definition) is 7. The number of sulfonamides is 1. The summed E-state index contributed by atoms with van der Waals surface area (Å²) in [5.41, 5.74) is 0.550. The van der Waals surface area contributed by atoms with Crippen molar-refractivity contribution in [2.75, 3.05) is 24.2 Å². The van der Waals surface area contributed by atoms with E-state index in [1.807, 2.05) is 12.1 Å². The van der Waals surface area contributed by atoms with E-state index >= 15 is 0 Å². The van der Waals surface area contributed by atoms with Crippen molar-refractivity contribution in [1.29, 1.82) is 5.26 Å². The number of fused-ring (bicyclic) bond motifs is 1. The number of nitrogens with zero attached hydrogens (tertiary/aromatic N) is 5. The molecule has 10 heteroatoms. The number of rotatable bonds is 5. The molecule has 1 saturated heterocycles. The Morgan fingerprint density at radius 3 is 2.89 bits per heavy atom. The van der Waals surface area contributed by atoms with E-state index in [2.05, 4.69) is 31.3 Å². The number of nitriles is 1. The number of nitrogens with one attached hydrogen (secondary N) is 2. The van der Waals surface area contributed by atoms with Crippen molar-refractivity contribution in [2.24, 2.45) is 0 Å². The zero-order valence-corrected chi connectivity index (χ0v) is 15.4. The van der Waals surface area contributed by atoms with Gasteiger partial charge in [-0.2, -0.15) is 9.57 Å². The number of anilines is 1. The van der Waals surface area contributed by atoms with Gasteiger partial charge in [-0.05, 0) is 25.1 Å². The lowest BCUT2D eigenvalue weighted by atomic mass is 9.94. The van der Waals surface area contributed by atoms with Crippen molar-refractivity contribution in [3.05, 3.63) is 36.8 Å². The first-order chi connectivity index (χ1) is 13.0. The van der Waals surface area contributed by atoms with Crippen LogP contribution in [0.25, 0.3) is 22.4 Å². The minimum absolute atomic E-state index is 0.0146. The van der Waals surface area contributed by atoms with Gasteiger partial charge in [-0.25, -0.2) is 23.4 Å². The van der Waals surface area contributed by atoms with Gasteiger partial charge in [0.05, 0.1) is 24.9 Å². The topological polar surface area (TPSA) is 128 Å². The Bertz CT molecular complexity index is 1140. The van der Waals surface area contributed by atoms with E-state index in [0.717, 1.165) is 16.6 Å². The normalized spacial score (nSPS) is 16.6. The second kappa shape index (κ2) is 6.29. The maximum Gasteiger partial charge on any atom is 0.214 e. The third kappa shape index (κ3) is 3.01. The minimum atomic E-state index is -3.30. The molecule has 4 rings (SSSR count). The first kappa shape index (κ1) is 17.4. The molecule has 1 aliphatic rings. The fourth-order valence-corrected chi connectivity index (χ4v) is 4.26. The van der Waals surface area contributed by atoms with Crippen LogP contribution in [0.15, 0.2) is 36.8 Å². The van der Waals surface area contributed by atoms with Crippen molar-refractivity contribution in [3.63, 3.8) is 0 Å². The predicted octanol–water partition coefficient (Wildman–Crippen LogP) is 1.36. The Kier molecular flexibility index (Phi) is 4.05. The predicted molar refractivity (Wildman–Crippen MR) is 100 cm³/mol. The van der Waals surface area contributed by atoms with E-state index in [0.29, 0.717) is 11.6 Å². The lowest BCUT2D eigenvalue weighted by Gasteiger charge is -2.44. The van der Waals surface area contributed by atoms with Crippen LogP contribution in [0, 0.1) is 11.3 Å². The third-order valence-corrected chi connectivity index (χ3v) is 6.35. The molecular formula is C17H17N7O2S. The molecule has 0 saturated carbocycles. The van der Waals surface area contributed by atoms with Crippen LogP contribution in [0.2, 0.25) is 0 Å². The van der Waals surface area contributed by atoms with Crippen molar-refractivity contribution >= 4 is 26.9 Å². The van der Waals surface area contributed by atoms with Crippen LogP contribution in [-0.4, -0.2) is 57.0 Å². The highest BCUT2D eigenvalue weighted by atomic mass is 32.2. The zero-order valence-electron chi connectivity index (χ0n) is 14.5. The highest BCUT2D eigenvalue weighted by Gasteiger charge is 2.48. The van der Waals surface area contributed by atoms with Crippen LogP contribution in [0.4, 0.5) is 5.82 Å². The molecule has 3 aromatic heterocycles. The molecule has 0 spiro atoms. The smallest absolute Gasteiger partial charge is 0.214 e. The lowest BCUT2D eigenvalue weighted by Crippen LogP contribution is -2.66. The summed E-state index contributed by atoms with van der Waals surface area (Å²) in [4.78, 5) is 16.1. The van der Waals surface area contributed by atoms with E-state index in [-0.39, 0.29) is 18.8 Å². The molecule has 27 heavy (non-hydrogen) atoms. The number of aromatic nitrogens is 4. The molecule has 0 amide bonds. The van der Waals surface area contributed by atoms with Crippen LogP contribution in [0.5, 0.6) is 0 Å². The van der Waals surface area contributed by atoms with Gasteiger partial charge in [0, 0.05) is 29.5 Å². The van der Waals surface area contributed by atoms with Gasteiger partial charge in [0.1, 0.15) is 11.5 Å². The Morgan fingerprint density at radius 2 is 2.15 bits per heavy atom. The van der Waals surface area contributed by atoms with E-state index in [1.165, 1.54) is 4.31 Å². The van der Waals surface area contributed by atoms with Gasteiger partial charge in [0.25, 0.3) is 0 Å². The molecule has 0 unspecified atom stereocenters. The number of pyridine rings is 1. The fourth-order valence-electron chi connectivity index (χ4n) is 3.06. The molecule has 0 aliphatic carbocycles. The molecular weight excluding hydrogens is 366 g/mol. The quantitative estimate of drug-likeness (QED) is 0.681. The summed E-state index contributed by atoms with van der Waals surface area (Å²) < 4.78 is 25.2. The van der Waals surface area contributed by atoms with Crippen molar-refractivity contribution in [2.45, 2.75) is 12.5 Å². The zero-order chi connectivity index (χ0) is 19.1. The minimum Gasteiger partial charge on any atom is -0.350 e. The molecule has 0 aromatic carbocycles. The molecule has 2 N–H and O–H groups in total. The molecule has 1 fully saturated rings. The second-order valence-electron chi connectivity index (χ2n) is 6.35. The van der Waals surface area contributed by atoms with Gasteiger partial charge in [0.15, 0.2) is 11.4 Å². The molecule has 0 radical (unpaired) electrons. The van der Waals surface area contributed by atoms with Gasteiger partial charge in [-0.15, -0.1) is 0 Å². The van der Waals surface area contributed by atoms with Crippen molar-refractivity contribution < 1.29 is 8.42 Å². The lowest BCUT2D eigenvalue weighted by molar-refractivity contribution is 0.227. The largest absolute Gasteiger partial charge is 0.350 e. The second-order valence-corrected chi connectivity index (χ2v) is 8.61. The summed E-state index contributed by atoms with van der Waals surface area (Å²) in [6, 6.07) is 7.60. The molecule has 138 valence electrons. The summed E-state index contributed by atoms with van der Waals surface area (Å²) in [5, 5.41) is 13.5. The maximum absolute atomic E-state index is 11.9. The average molecular weight is 383 g/mol. The molecule has 0 bridgehead atoms. The Labute approximate surface area is 156 Å². The molecule has 9 nitrogen and oxygen atoms in total. The van der Waals surface area contributed by atoms with E-state index in [4.69, 9.17) is 0 Å². The van der Waals surface area contributed by atoms with Gasteiger partial charge in [0.2, 0.25) is 10.0 Å². The summed E-state index contributed by atoms with van der Waals surface area (Å²) in [6.45, 7) is 1.77.